The van der Waals surface area contributed by atoms with Gasteiger partial charge in [0, 0.05) is 6.04 Å². The molecule has 0 saturated heterocycles. The van der Waals surface area contributed by atoms with Crippen molar-refractivity contribution in [3.63, 3.8) is 0 Å². The highest BCUT2D eigenvalue weighted by atomic mass is 16.2. The zero-order chi connectivity index (χ0) is 11.6. The molecule has 6 nitrogen and oxygen atoms in total. The summed E-state index contributed by atoms with van der Waals surface area (Å²) in [5.41, 5.74) is 1.54. The van der Waals surface area contributed by atoms with Crippen molar-refractivity contribution in [2.45, 2.75) is 33.7 Å². The van der Waals surface area contributed by atoms with Gasteiger partial charge in [-0.25, -0.2) is 10.2 Å². The molecule has 0 atom stereocenters. The van der Waals surface area contributed by atoms with Gasteiger partial charge < -0.3 is 5.32 Å². The Morgan fingerprint density at radius 2 is 2.07 bits per heavy atom. The summed E-state index contributed by atoms with van der Waals surface area (Å²) in [6, 6.07) is -0.313. The van der Waals surface area contributed by atoms with Crippen molar-refractivity contribution in [2.24, 2.45) is 10.5 Å². The molecule has 0 aliphatic carbocycles. The van der Waals surface area contributed by atoms with Gasteiger partial charge in [0.2, 0.25) is 0 Å². The smallest absolute Gasteiger partial charge is 0.320 e. The average Bonchev–Trinajstić information content (AvgIpc) is 2.30. The highest BCUT2D eigenvalue weighted by Gasteiger charge is 2.39. The molecule has 3 N–H and O–H groups in total. The number of hydrogen-bond acceptors (Lipinski definition) is 3. The van der Waals surface area contributed by atoms with Gasteiger partial charge in [-0.1, -0.05) is 0 Å². The van der Waals surface area contributed by atoms with E-state index in [4.69, 9.17) is 0 Å². The van der Waals surface area contributed by atoms with Crippen LogP contribution in [0.1, 0.15) is 27.7 Å². The molecule has 0 aromatic rings. The summed E-state index contributed by atoms with van der Waals surface area (Å²) in [4.78, 5) is 22.7. The molecule has 15 heavy (non-hydrogen) atoms. The molecule has 1 aliphatic heterocycles. The maximum Gasteiger partial charge on any atom is 0.320 e. The Morgan fingerprint density at radius 3 is 2.47 bits per heavy atom. The van der Waals surface area contributed by atoms with E-state index in [2.05, 4.69) is 21.2 Å². The van der Waals surface area contributed by atoms with Crippen molar-refractivity contribution < 1.29 is 9.59 Å². The summed E-state index contributed by atoms with van der Waals surface area (Å²) < 4.78 is 0. The minimum atomic E-state index is -0.783. The van der Waals surface area contributed by atoms with Crippen molar-refractivity contribution in [3.8, 4) is 0 Å². The number of carbonyl (C=O) groups excluding carboxylic acids is 2. The summed E-state index contributed by atoms with van der Waals surface area (Å²) in [5, 5.41) is 8.96. The van der Waals surface area contributed by atoms with Crippen LogP contribution in [0.15, 0.2) is 5.10 Å². The second-order valence-corrected chi connectivity index (χ2v) is 4.28. The Kier molecular flexibility index (Phi) is 2.97. The third kappa shape index (κ3) is 2.45. The SMILES string of the molecule is CC(C)NC(=O)NC1=NNC(=O)C1(C)C. The number of amidine groups is 1. The molecule has 3 amide bonds. The van der Waals surface area contributed by atoms with Gasteiger partial charge >= 0.3 is 6.03 Å². The molecule has 1 rings (SSSR count). The first-order valence-corrected chi connectivity index (χ1v) is 4.80. The molecule has 1 aliphatic rings. The molecule has 84 valence electrons. The Bertz CT molecular complexity index is 320. The number of urea groups is 1. The minimum Gasteiger partial charge on any atom is -0.336 e. The van der Waals surface area contributed by atoms with Crippen molar-refractivity contribution >= 4 is 17.8 Å². The van der Waals surface area contributed by atoms with E-state index in [-0.39, 0.29) is 18.0 Å². The predicted octanol–water partition coefficient (Wildman–Crippen LogP) is 0.163. The highest BCUT2D eigenvalue weighted by molar-refractivity contribution is 6.14. The van der Waals surface area contributed by atoms with Crippen molar-refractivity contribution in [1.29, 1.82) is 0 Å². The van der Waals surface area contributed by atoms with Crippen molar-refractivity contribution in [3.05, 3.63) is 0 Å². The Morgan fingerprint density at radius 1 is 1.47 bits per heavy atom. The van der Waals surface area contributed by atoms with Crippen molar-refractivity contribution in [1.82, 2.24) is 16.1 Å². The molecule has 0 radical (unpaired) electrons. The number of nitrogens with one attached hydrogen (secondary N) is 3. The second-order valence-electron chi connectivity index (χ2n) is 4.28. The van der Waals surface area contributed by atoms with Crippen LogP contribution in [0.2, 0.25) is 0 Å². The minimum absolute atomic E-state index is 0.0405. The fourth-order valence-corrected chi connectivity index (χ4v) is 1.08. The van der Waals surface area contributed by atoms with Crippen molar-refractivity contribution in [2.75, 3.05) is 0 Å². The monoisotopic (exact) mass is 212 g/mol. The summed E-state index contributed by atoms with van der Waals surface area (Å²) in [6.45, 7) is 7.10. The first kappa shape index (κ1) is 11.5. The highest BCUT2D eigenvalue weighted by Crippen LogP contribution is 2.20. The number of carbonyl (C=O) groups is 2. The van der Waals surface area contributed by atoms with Crippen LogP contribution in [0, 0.1) is 5.41 Å². The van der Waals surface area contributed by atoms with Gasteiger partial charge in [0.1, 0.15) is 11.3 Å². The fraction of sp³-hybridized carbons (Fsp3) is 0.667. The van der Waals surface area contributed by atoms with Crippen LogP contribution in [-0.2, 0) is 4.79 Å². The average molecular weight is 212 g/mol. The van der Waals surface area contributed by atoms with E-state index in [1.165, 1.54) is 0 Å². The molecule has 0 spiro atoms. The van der Waals surface area contributed by atoms with Gasteiger partial charge in [-0.2, -0.15) is 5.10 Å². The summed E-state index contributed by atoms with van der Waals surface area (Å²) >= 11 is 0. The van der Waals surface area contributed by atoms with Crippen LogP contribution < -0.4 is 16.1 Å². The number of amides is 3. The third-order valence-corrected chi connectivity index (χ3v) is 2.08. The molecule has 6 heteroatoms. The summed E-state index contributed by atoms with van der Waals surface area (Å²) in [7, 11) is 0. The second kappa shape index (κ2) is 3.88. The van der Waals surface area contributed by atoms with E-state index in [1.807, 2.05) is 13.8 Å². The summed E-state index contributed by atoms with van der Waals surface area (Å²) in [5.74, 6) is 0.119. The Hall–Kier alpha value is -1.59. The van der Waals surface area contributed by atoms with Crippen LogP contribution in [0.25, 0.3) is 0 Å². The van der Waals surface area contributed by atoms with Gasteiger partial charge in [0.05, 0.1) is 0 Å². The first-order chi connectivity index (χ1) is 6.84. The lowest BCUT2D eigenvalue weighted by atomic mass is 9.92. The van der Waals surface area contributed by atoms with Gasteiger partial charge in [-0.3, -0.25) is 10.1 Å². The van der Waals surface area contributed by atoms with Gasteiger partial charge in [0.15, 0.2) is 0 Å². The van der Waals surface area contributed by atoms with E-state index in [9.17, 15) is 9.59 Å². The number of hydrazone groups is 1. The third-order valence-electron chi connectivity index (χ3n) is 2.08. The fourth-order valence-electron chi connectivity index (χ4n) is 1.08. The van der Waals surface area contributed by atoms with Crippen LogP contribution in [-0.4, -0.2) is 23.8 Å². The van der Waals surface area contributed by atoms with Crippen LogP contribution in [0.3, 0.4) is 0 Å². The topological polar surface area (TPSA) is 82.6 Å². The largest absolute Gasteiger partial charge is 0.336 e. The summed E-state index contributed by atoms with van der Waals surface area (Å²) in [6.07, 6.45) is 0. The zero-order valence-corrected chi connectivity index (χ0v) is 9.34. The van der Waals surface area contributed by atoms with Gasteiger partial charge in [-0.15, -0.1) is 0 Å². The standard InChI is InChI=1S/C9H16N4O2/c1-5(2)10-8(15)11-6-9(3,4)7(14)13-12-6/h5H,1-4H3,(H,13,14)(H2,10,11,12,15). The Balaban J connectivity index is 2.61. The molecule has 0 unspecified atom stereocenters. The van der Waals surface area contributed by atoms with E-state index < -0.39 is 5.41 Å². The van der Waals surface area contributed by atoms with Crippen LogP contribution >= 0.6 is 0 Å². The molecule has 1 heterocycles. The maximum absolute atomic E-state index is 11.4. The number of hydrogen-bond donors (Lipinski definition) is 3. The van der Waals surface area contributed by atoms with E-state index in [1.54, 1.807) is 13.8 Å². The van der Waals surface area contributed by atoms with Gasteiger partial charge in [-0.05, 0) is 27.7 Å². The van der Waals surface area contributed by atoms with E-state index >= 15 is 0 Å². The Labute approximate surface area is 88.5 Å². The molecule has 0 aromatic heterocycles. The van der Waals surface area contributed by atoms with E-state index in [0.29, 0.717) is 5.84 Å². The van der Waals surface area contributed by atoms with E-state index in [0.717, 1.165) is 0 Å². The molecule has 0 saturated carbocycles. The molecular weight excluding hydrogens is 196 g/mol. The first-order valence-electron chi connectivity index (χ1n) is 4.80. The molecular formula is C9H16N4O2. The zero-order valence-electron chi connectivity index (χ0n) is 9.34. The van der Waals surface area contributed by atoms with Crippen LogP contribution in [0.5, 0.6) is 0 Å². The lowest BCUT2D eigenvalue weighted by molar-refractivity contribution is -0.125. The van der Waals surface area contributed by atoms with Gasteiger partial charge in [0.25, 0.3) is 5.91 Å². The normalized spacial score (nSPS) is 18.5. The number of nitrogens with zero attached hydrogens (tertiary/aromatic N) is 1. The maximum atomic E-state index is 11.4. The number of rotatable bonds is 1. The van der Waals surface area contributed by atoms with Crippen LogP contribution in [0.4, 0.5) is 4.79 Å². The lowest BCUT2D eigenvalue weighted by Crippen LogP contribution is -2.47. The lowest BCUT2D eigenvalue weighted by Gasteiger charge is -2.18. The molecule has 0 fully saturated rings. The quantitative estimate of drug-likeness (QED) is 0.578. The molecule has 0 aromatic carbocycles. The predicted molar refractivity (Wildman–Crippen MR) is 56.2 cm³/mol. The molecule has 0 bridgehead atoms.